The van der Waals surface area contributed by atoms with Gasteiger partial charge in [0.25, 0.3) is 0 Å². The summed E-state index contributed by atoms with van der Waals surface area (Å²) in [7, 11) is 3.80. The second-order valence-corrected chi connectivity index (χ2v) is 5.01. The van der Waals surface area contributed by atoms with Crippen LogP contribution in [0.1, 0.15) is 5.56 Å². The highest BCUT2D eigenvalue weighted by molar-refractivity contribution is 5.27. The van der Waals surface area contributed by atoms with E-state index in [4.69, 9.17) is 15.2 Å². The van der Waals surface area contributed by atoms with Crippen LogP contribution in [0.15, 0.2) is 24.3 Å². The molecule has 1 aromatic carbocycles. The first-order valence-electron chi connectivity index (χ1n) is 6.34. The number of benzene rings is 1. The SMILES string of the molecule is COc1ccc(CN(C)CC2COCC2N)cc1. The maximum Gasteiger partial charge on any atom is 0.118 e. The zero-order valence-corrected chi connectivity index (χ0v) is 11.1. The molecule has 2 unspecified atom stereocenters. The maximum absolute atomic E-state index is 5.99. The standard InChI is InChI=1S/C14H22N2O2/c1-16(8-12-9-18-10-14(12)15)7-11-3-5-13(17-2)6-4-11/h3-6,12,14H,7-10,15H2,1-2H3. The Hall–Kier alpha value is -1.10. The molecule has 2 atom stereocenters. The minimum atomic E-state index is 0.184. The Bertz CT molecular complexity index is 367. The van der Waals surface area contributed by atoms with Gasteiger partial charge in [0.1, 0.15) is 5.75 Å². The maximum atomic E-state index is 5.99. The van der Waals surface area contributed by atoms with E-state index in [2.05, 4.69) is 24.1 Å². The van der Waals surface area contributed by atoms with Gasteiger partial charge in [-0.3, -0.25) is 0 Å². The predicted octanol–water partition coefficient (Wildman–Crippen LogP) is 1.10. The van der Waals surface area contributed by atoms with Crippen molar-refractivity contribution in [3.63, 3.8) is 0 Å². The van der Waals surface area contributed by atoms with Crippen LogP contribution in [-0.4, -0.2) is 44.9 Å². The van der Waals surface area contributed by atoms with Crippen molar-refractivity contribution in [2.75, 3.05) is 33.9 Å². The second-order valence-electron chi connectivity index (χ2n) is 5.01. The van der Waals surface area contributed by atoms with Gasteiger partial charge in [0.15, 0.2) is 0 Å². The molecule has 0 saturated carbocycles. The van der Waals surface area contributed by atoms with E-state index in [0.29, 0.717) is 12.5 Å². The van der Waals surface area contributed by atoms with Crippen LogP contribution >= 0.6 is 0 Å². The van der Waals surface area contributed by atoms with Gasteiger partial charge in [-0.25, -0.2) is 0 Å². The highest BCUT2D eigenvalue weighted by Gasteiger charge is 2.25. The molecule has 1 aliphatic heterocycles. The summed E-state index contributed by atoms with van der Waals surface area (Å²) in [4.78, 5) is 2.29. The van der Waals surface area contributed by atoms with E-state index in [1.54, 1.807) is 7.11 Å². The summed E-state index contributed by atoms with van der Waals surface area (Å²) in [5.41, 5.74) is 7.27. The fraction of sp³-hybridized carbons (Fsp3) is 0.571. The van der Waals surface area contributed by atoms with Crippen molar-refractivity contribution in [2.45, 2.75) is 12.6 Å². The Kier molecular flexibility index (Phi) is 4.58. The quantitative estimate of drug-likeness (QED) is 0.850. The number of hydrogen-bond donors (Lipinski definition) is 1. The predicted molar refractivity (Wildman–Crippen MR) is 71.6 cm³/mol. The smallest absolute Gasteiger partial charge is 0.118 e. The normalized spacial score (nSPS) is 23.6. The van der Waals surface area contributed by atoms with E-state index in [9.17, 15) is 0 Å². The van der Waals surface area contributed by atoms with Crippen LogP contribution in [0.25, 0.3) is 0 Å². The van der Waals surface area contributed by atoms with Crippen LogP contribution in [-0.2, 0) is 11.3 Å². The Morgan fingerprint density at radius 3 is 2.61 bits per heavy atom. The monoisotopic (exact) mass is 250 g/mol. The van der Waals surface area contributed by atoms with Gasteiger partial charge < -0.3 is 20.1 Å². The van der Waals surface area contributed by atoms with Crippen molar-refractivity contribution in [1.29, 1.82) is 0 Å². The first-order chi connectivity index (χ1) is 8.69. The Morgan fingerprint density at radius 1 is 1.33 bits per heavy atom. The molecule has 4 heteroatoms. The topological polar surface area (TPSA) is 47.7 Å². The van der Waals surface area contributed by atoms with Crippen LogP contribution in [0.3, 0.4) is 0 Å². The highest BCUT2D eigenvalue weighted by Crippen LogP contribution is 2.16. The van der Waals surface area contributed by atoms with Gasteiger partial charge in [-0.15, -0.1) is 0 Å². The summed E-state index contributed by atoms with van der Waals surface area (Å²) in [6, 6.07) is 8.37. The van der Waals surface area contributed by atoms with Crippen LogP contribution in [0.4, 0.5) is 0 Å². The van der Waals surface area contributed by atoms with Crippen molar-refractivity contribution in [1.82, 2.24) is 4.90 Å². The average molecular weight is 250 g/mol. The van der Waals surface area contributed by atoms with Gasteiger partial charge in [0.2, 0.25) is 0 Å². The summed E-state index contributed by atoms with van der Waals surface area (Å²) in [6.45, 7) is 3.38. The fourth-order valence-electron chi connectivity index (χ4n) is 2.31. The lowest BCUT2D eigenvalue weighted by atomic mass is 10.0. The molecule has 1 aromatic rings. The number of methoxy groups -OCH3 is 1. The summed E-state index contributed by atoms with van der Waals surface area (Å²) in [5.74, 6) is 1.35. The van der Waals surface area contributed by atoms with Gasteiger partial charge in [-0.2, -0.15) is 0 Å². The molecule has 1 heterocycles. The molecule has 100 valence electrons. The lowest BCUT2D eigenvalue weighted by Gasteiger charge is -2.22. The van der Waals surface area contributed by atoms with Crippen molar-refractivity contribution in [3.05, 3.63) is 29.8 Å². The van der Waals surface area contributed by atoms with Crippen LogP contribution < -0.4 is 10.5 Å². The van der Waals surface area contributed by atoms with Gasteiger partial charge in [-0.05, 0) is 24.7 Å². The molecular weight excluding hydrogens is 228 g/mol. The molecule has 0 aromatic heterocycles. The van der Waals surface area contributed by atoms with Crippen LogP contribution in [0.2, 0.25) is 0 Å². The third-order valence-electron chi connectivity index (χ3n) is 3.41. The summed E-state index contributed by atoms with van der Waals surface area (Å²) in [6.07, 6.45) is 0. The molecule has 2 rings (SSSR count). The third kappa shape index (κ3) is 3.45. The molecule has 0 spiro atoms. The number of rotatable bonds is 5. The van der Waals surface area contributed by atoms with Crippen molar-refractivity contribution in [3.8, 4) is 5.75 Å². The van der Waals surface area contributed by atoms with Gasteiger partial charge in [-0.1, -0.05) is 12.1 Å². The average Bonchev–Trinajstić information content (AvgIpc) is 2.76. The molecule has 18 heavy (non-hydrogen) atoms. The molecule has 1 saturated heterocycles. The molecule has 1 fully saturated rings. The third-order valence-corrected chi connectivity index (χ3v) is 3.41. The number of nitrogens with two attached hydrogens (primary N) is 1. The zero-order valence-electron chi connectivity index (χ0n) is 11.1. The summed E-state index contributed by atoms with van der Waals surface area (Å²) < 4.78 is 10.5. The van der Waals surface area contributed by atoms with E-state index in [0.717, 1.165) is 25.4 Å². The molecule has 4 nitrogen and oxygen atoms in total. The zero-order chi connectivity index (χ0) is 13.0. The first kappa shape index (κ1) is 13.3. The van der Waals surface area contributed by atoms with E-state index < -0.39 is 0 Å². The number of hydrogen-bond acceptors (Lipinski definition) is 4. The van der Waals surface area contributed by atoms with Crippen LogP contribution in [0.5, 0.6) is 5.75 Å². The van der Waals surface area contributed by atoms with Crippen molar-refractivity contribution >= 4 is 0 Å². The molecule has 0 aliphatic carbocycles. The largest absolute Gasteiger partial charge is 0.497 e. The minimum Gasteiger partial charge on any atom is -0.497 e. The van der Waals surface area contributed by atoms with Crippen molar-refractivity contribution in [2.24, 2.45) is 11.7 Å². The Balaban J connectivity index is 1.84. The highest BCUT2D eigenvalue weighted by atomic mass is 16.5. The van der Waals surface area contributed by atoms with Gasteiger partial charge in [0, 0.05) is 25.0 Å². The van der Waals surface area contributed by atoms with Gasteiger partial charge in [0.05, 0.1) is 20.3 Å². The van der Waals surface area contributed by atoms with E-state index in [1.165, 1.54) is 5.56 Å². The second kappa shape index (κ2) is 6.18. The Labute approximate surface area is 109 Å². The number of nitrogens with zero attached hydrogens (tertiary/aromatic N) is 1. The molecule has 2 N–H and O–H groups in total. The fourth-order valence-corrected chi connectivity index (χ4v) is 2.31. The van der Waals surface area contributed by atoms with Crippen LogP contribution in [0, 0.1) is 5.92 Å². The molecule has 0 radical (unpaired) electrons. The Morgan fingerprint density at radius 2 is 2.06 bits per heavy atom. The van der Waals surface area contributed by atoms with Crippen molar-refractivity contribution < 1.29 is 9.47 Å². The summed E-state index contributed by atoms with van der Waals surface area (Å²) >= 11 is 0. The molecule has 0 amide bonds. The summed E-state index contributed by atoms with van der Waals surface area (Å²) in [5, 5.41) is 0. The lowest BCUT2D eigenvalue weighted by molar-refractivity contribution is 0.172. The van der Waals surface area contributed by atoms with E-state index in [1.807, 2.05) is 12.1 Å². The molecule has 0 bridgehead atoms. The first-order valence-corrected chi connectivity index (χ1v) is 6.34. The number of ether oxygens (including phenoxy) is 2. The van der Waals surface area contributed by atoms with E-state index in [-0.39, 0.29) is 6.04 Å². The minimum absolute atomic E-state index is 0.184. The van der Waals surface area contributed by atoms with E-state index >= 15 is 0 Å². The molecular formula is C14H22N2O2. The van der Waals surface area contributed by atoms with Gasteiger partial charge >= 0.3 is 0 Å². The lowest BCUT2D eigenvalue weighted by Crippen LogP contribution is -2.36. The molecule has 1 aliphatic rings.